The summed E-state index contributed by atoms with van der Waals surface area (Å²) in [6, 6.07) is -0.758. The van der Waals surface area contributed by atoms with Crippen LogP contribution in [0.3, 0.4) is 0 Å². The average Bonchev–Trinajstić information content (AvgIpc) is 3.20. The van der Waals surface area contributed by atoms with Crippen molar-refractivity contribution >= 4 is 17.9 Å². The van der Waals surface area contributed by atoms with E-state index in [4.69, 9.17) is 5.11 Å². The molecule has 1 heterocycles. The highest BCUT2D eigenvalue weighted by atomic mass is 16.4. The molecule has 2 atom stereocenters. The number of aliphatic hydroxyl groups is 1. The number of urea groups is 1. The maximum atomic E-state index is 12.0. The Morgan fingerprint density at radius 3 is 2.50 bits per heavy atom. The molecule has 1 saturated carbocycles. The predicted molar refractivity (Wildman–Crippen MR) is 96.6 cm³/mol. The van der Waals surface area contributed by atoms with Gasteiger partial charge in [0.2, 0.25) is 0 Å². The minimum Gasteiger partial charge on any atom is -0.481 e. The molecule has 3 N–H and O–H groups in total. The van der Waals surface area contributed by atoms with Crippen LogP contribution >= 0.6 is 0 Å². The molecule has 0 bridgehead atoms. The third-order valence-corrected chi connectivity index (χ3v) is 5.63. The lowest BCUT2D eigenvalue weighted by Crippen LogP contribution is -2.36. The molecule has 2 fully saturated rings. The van der Waals surface area contributed by atoms with Crippen molar-refractivity contribution in [3.63, 3.8) is 0 Å². The molecule has 7 nitrogen and oxygen atoms in total. The predicted octanol–water partition coefficient (Wildman–Crippen LogP) is 2.66. The van der Waals surface area contributed by atoms with Crippen LogP contribution in [-0.2, 0) is 9.59 Å². The molecule has 2 rings (SSSR count). The molecule has 3 amide bonds. The van der Waals surface area contributed by atoms with Gasteiger partial charge < -0.3 is 15.1 Å². The van der Waals surface area contributed by atoms with Crippen molar-refractivity contribution in [2.45, 2.75) is 89.2 Å². The summed E-state index contributed by atoms with van der Waals surface area (Å²) in [5.74, 6) is -0.626. The first-order chi connectivity index (χ1) is 12.5. The third-order valence-electron chi connectivity index (χ3n) is 5.63. The summed E-state index contributed by atoms with van der Waals surface area (Å²) in [5, 5.41) is 21.2. The van der Waals surface area contributed by atoms with E-state index in [-0.39, 0.29) is 24.5 Å². The Morgan fingerprint density at radius 2 is 1.81 bits per heavy atom. The first kappa shape index (κ1) is 20.7. The number of rotatable bonds is 12. The Labute approximate surface area is 155 Å². The van der Waals surface area contributed by atoms with E-state index in [0.717, 1.165) is 32.1 Å². The minimum atomic E-state index is -0.781. The summed E-state index contributed by atoms with van der Waals surface area (Å²) in [6.07, 6.45) is 9.56. The van der Waals surface area contributed by atoms with Gasteiger partial charge in [-0.3, -0.25) is 14.9 Å². The van der Waals surface area contributed by atoms with Crippen LogP contribution in [0.2, 0.25) is 0 Å². The number of hydrogen-bond donors (Lipinski definition) is 3. The Morgan fingerprint density at radius 1 is 1.12 bits per heavy atom. The van der Waals surface area contributed by atoms with E-state index in [1.807, 2.05) is 0 Å². The fraction of sp³-hybridized carbons (Fsp3) is 0.842. The second-order valence-corrected chi connectivity index (χ2v) is 7.60. The Hall–Kier alpha value is -1.63. The summed E-state index contributed by atoms with van der Waals surface area (Å²) >= 11 is 0. The molecule has 1 aliphatic carbocycles. The van der Waals surface area contributed by atoms with E-state index >= 15 is 0 Å². The highest BCUT2D eigenvalue weighted by Crippen LogP contribution is 2.29. The number of carbonyl (C=O) groups is 3. The van der Waals surface area contributed by atoms with E-state index in [9.17, 15) is 19.5 Å². The monoisotopic (exact) mass is 368 g/mol. The zero-order valence-electron chi connectivity index (χ0n) is 15.5. The second-order valence-electron chi connectivity index (χ2n) is 7.60. The quantitative estimate of drug-likeness (QED) is 0.363. The Balaban J connectivity index is 1.68. The molecule has 0 aromatic carbocycles. The van der Waals surface area contributed by atoms with Crippen molar-refractivity contribution in [3.05, 3.63) is 0 Å². The topological polar surface area (TPSA) is 107 Å². The molecule has 7 heteroatoms. The molecular weight excluding hydrogens is 336 g/mol. The zero-order valence-corrected chi connectivity index (χ0v) is 15.5. The number of amides is 3. The van der Waals surface area contributed by atoms with E-state index < -0.39 is 12.0 Å². The number of carboxylic acid groups (broad SMARTS) is 1. The van der Waals surface area contributed by atoms with E-state index in [0.29, 0.717) is 38.1 Å². The van der Waals surface area contributed by atoms with Gasteiger partial charge in [0, 0.05) is 13.0 Å². The molecule has 1 aliphatic heterocycles. The van der Waals surface area contributed by atoms with Gasteiger partial charge in [0.15, 0.2) is 0 Å². The molecular formula is C19H32N2O5. The van der Waals surface area contributed by atoms with Crippen molar-refractivity contribution in [3.8, 4) is 0 Å². The molecule has 148 valence electrons. The number of aliphatic hydroxyl groups excluding tert-OH is 1. The number of nitrogens with zero attached hydrogens (tertiary/aromatic N) is 1. The van der Waals surface area contributed by atoms with Gasteiger partial charge in [0.05, 0.1) is 6.10 Å². The van der Waals surface area contributed by atoms with Crippen molar-refractivity contribution in [1.29, 1.82) is 0 Å². The fourth-order valence-corrected chi connectivity index (χ4v) is 4.10. The lowest BCUT2D eigenvalue weighted by atomic mass is 9.97. The normalized spacial score (nSPS) is 22.0. The van der Waals surface area contributed by atoms with Gasteiger partial charge in [0.1, 0.15) is 6.04 Å². The van der Waals surface area contributed by atoms with Crippen molar-refractivity contribution in [2.24, 2.45) is 5.92 Å². The summed E-state index contributed by atoms with van der Waals surface area (Å²) < 4.78 is 0. The number of carboxylic acids is 1. The van der Waals surface area contributed by atoms with Crippen LogP contribution < -0.4 is 5.32 Å². The molecule has 26 heavy (non-hydrogen) atoms. The van der Waals surface area contributed by atoms with Crippen LogP contribution in [0.15, 0.2) is 0 Å². The number of imide groups is 1. The van der Waals surface area contributed by atoms with Gasteiger partial charge in [-0.2, -0.15) is 0 Å². The van der Waals surface area contributed by atoms with Crippen molar-refractivity contribution in [1.82, 2.24) is 10.2 Å². The average molecular weight is 368 g/mol. The first-order valence-corrected chi connectivity index (χ1v) is 10.0. The van der Waals surface area contributed by atoms with Crippen LogP contribution in [0.1, 0.15) is 77.0 Å². The maximum absolute atomic E-state index is 12.0. The first-order valence-electron chi connectivity index (χ1n) is 10.0. The number of unbranched alkanes of at least 4 members (excludes halogenated alkanes) is 3. The van der Waals surface area contributed by atoms with Crippen LogP contribution in [0.25, 0.3) is 0 Å². The summed E-state index contributed by atoms with van der Waals surface area (Å²) in [6.45, 7) is 0.491. The number of aliphatic carboxylic acids is 1. The van der Waals surface area contributed by atoms with Gasteiger partial charge in [-0.25, -0.2) is 4.79 Å². The number of hydrogen-bond acceptors (Lipinski definition) is 4. The lowest BCUT2D eigenvalue weighted by Gasteiger charge is -2.23. The van der Waals surface area contributed by atoms with Gasteiger partial charge in [0.25, 0.3) is 5.91 Å². The highest BCUT2D eigenvalue weighted by molar-refractivity contribution is 6.04. The minimum absolute atomic E-state index is 0.178. The fourth-order valence-electron chi connectivity index (χ4n) is 4.10. The molecule has 1 saturated heterocycles. The summed E-state index contributed by atoms with van der Waals surface area (Å²) in [5.41, 5.74) is 0. The molecule has 0 radical (unpaired) electrons. The van der Waals surface area contributed by atoms with Gasteiger partial charge in [-0.15, -0.1) is 0 Å². The molecule has 0 spiro atoms. The van der Waals surface area contributed by atoms with E-state index in [2.05, 4.69) is 5.32 Å². The van der Waals surface area contributed by atoms with Crippen LogP contribution in [0, 0.1) is 5.92 Å². The summed E-state index contributed by atoms with van der Waals surface area (Å²) in [7, 11) is 0. The van der Waals surface area contributed by atoms with E-state index in [1.54, 1.807) is 4.90 Å². The molecule has 0 aromatic rings. The van der Waals surface area contributed by atoms with Crippen LogP contribution in [0.5, 0.6) is 0 Å². The Bertz CT molecular complexity index is 490. The maximum Gasteiger partial charge on any atom is 0.324 e. The van der Waals surface area contributed by atoms with Crippen molar-refractivity contribution in [2.75, 3.05) is 6.54 Å². The SMILES string of the molecule is O=C(O)CCCCCCC1C(=O)NC(=O)N1CCCC(O)C1CCCC1. The highest BCUT2D eigenvalue weighted by Gasteiger charge is 2.37. The van der Waals surface area contributed by atoms with Gasteiger partial charge in [-0.05, 0) is 44.4 Å². The smallest absolute Gasteiger partial charge is 0.324 e. The molecule has 0 aromatic heterocycles. The largest absolute Gasteiger partial charge is 0.481 e. The standard InChI is InChI=1S/C19H32N2O5/c22-16(14-8-5-6-9-14)11-7-13-21-15(18(25)20-19(21)26)10-3-1-2-4-12-17(23)24/h14-16,22H,1-13H2,(H,23,24)(H,20,25,26). The van der Waals surface area contributed by atoms with Crippen LogP contribution in [0.4, 0.5) is 4.79 Å². The second kappa shape index (κ2) is 10.5. The zero-order chi connectivity index (χ0) is 18.9. The van der Waals surface area contributed by atoms with Gasteiger partial charge >= 0.3 is 12.0 Å². The molecule has 2 unspecified atom stereocenters. The molecule has 2 aliphatic rings. The lowest BCUT2D eigenvalue weighted by molar-refractivity contribution is -0.137. The van der Waals surface area contributed by atoms with Gasteiger partial charge in [-0.1, -0.05) is 32.1 Å². The number of carbonyl (C=O) groups excluding carboxylic acids is 2. The Kier molecular flexibility index (Phi) is 8.35. The summed E-state index contributed by atoms with van der Waals surface area (Å²) in [4.78, 5) is 36.1. The van der Waals surface area contributed by atoms with E-state index in [1.165, 1.54) is 12.8 Å². The third kappa shape index (κ3) is 6.27. The van der Waals surface area contributed by atoms with Crippen LogP contribution in [-0.4, -0.2) is 51.7 Å². The van der Waals surface area contributed by atoms with Crippen molar-refractivity contribution < 1.29 is 24.6 Å². The number of nitrogens with one attached hydrogen (secondary N) is 1.